The maximum atomic E-state index is 4.07. The molecule has 1 aromatic rings. The highest BCUT2D eigenvalue weighted by atomic mass is 32.2. The largest absolute Gasteiger partial charge is 0.265 e. The third kappa shape index (κ3) is 1.84. The second-order valence-corrected chi connectivity index (χ2v) is 3.56. The van der Waals surface area contributed by atoms with Crippen molar-refractivity contribution in [2.75, 3.05) is 17.9 Å². The number of anilines is 1. The Kier molecular flexibility index (Phi) is 2.52. The van der Waals surface area contributed by atoms with E-state index in [0.29, 0.717) is 6.67 Å². The number of aliphatic imine (C=N–C) groups is 1. The quantitative estimate of drug-likeness (QED) is 0.725. The van der Waals surface area contributed by atoms with E-state index in [1.165, 1.54) is 4.90 Å². The van der Waals surface area contributed by atoms with Crippen LogP contribution >= 0.6 is 11.8 Å². The first-order valence-electron chi connectivity index (χ1n) is 4.07. The third-order valence-electron chi connectivity index (χ3n) is 1.88. The van der Waals surface area contributed by atoms with Gasteiger partial charge in [-0.15, -0.1) is 11.8 Å². The highest BCUT2D eigenvalue weighted by molar-refractivity contribution is 7.98. The van der Waals surface area contributed by atoms with Gasteiger partial charge in [0.25, 0.3) is 0 Å². The zero-order chi connectivity index (χ0) is 9.10. The molecule has 1 N–H and O–H groups in total. The van der Waals surface area contributed by atoms with Gasteiger partial charge in [0.15, 0.2) is 0 Å². The standard InChI is InChI=1S/C9H11N3S/c1-13-9-4-2-8(3-5-9)12-7-10-6-11-12/h2-5,7,11H,6H2,1H3. The monoisotopic (exact) mass is 193 g/mol. The molecule has 1 heterocycles. The lowest BCUT2D eigenvalue weighted by molar-refractivity contribution is 0.797. The normalized spacial score (nSPS) is 15.3. The molecule has 3 nitrogen and oxygen atoms in total. The second-order valence-electron chi connectivity index (χ2n) is 2.68. The molecule has 0 amide bonds. The molecule has 13 heavy (non-hydrogen) atoms. The van der Waals surface area contributed by atoms with Crippen LogP contribution in [0.1, 0.15) is 0 Å². The van der Waals surface area contributed by atoms with Crippen molar-refractivity contribution in [3.05, 3.63) is 24.3 Å². The van der Waals surface area contributed by atoms with Gasteiger partial charge in [0.2, 0.25) is 0 Å². The van der Waals surface area contributed by atoms with Crippen LogP contribution in [-0.2, 0) is 0 Å². The van der Waals surface area contributed by atoms with E-state index in [1.807, 2.05) is 5.01 Å². The molecule has 0 saturated heterocycles. The van der Waals surface area contributed by atoms with E-state index in [4.69, 9.17) is 0 Å². The molecule has 0 aromatic heterocycles. The number of hydrogen-bond donors (Lipinski definition) is 1. The van der Waals surface area contributed by atoms with Crippen molar-refractivity contribution in [3.8, 4) is 0 Å². The lowest BCUT2D eigenvalue weighted by atomic mass is 10.3. The smallest absolute Gasteiger partial charge is 0.108 e. The van der Waals surface area contributed by atoms with Crippen LogP contribution in [0.25, 0.3) is 0 Å². The van der Waals surface area contributed by atoms with Crippen LogP contribution in [0.5, 0.6) is 0 Å². The van der Waals surface area contributed by atoms with Crippen molar-refractivity contribution in [2.24, 2.45) is 4.99 Å². The lowest BCUT2D eigenvalue weighted by Crippen LogP contribution is -2.30. The Bertz CT molecular complexity index is 307. The first-order chi connectivity index (χ1) is 6.40. The predicted octanol–water partition coefficient (Wildman–Crippen LogP) is 1.72. The van der Waals surface area contributed by atoms with Gasteiger partial charge in [-0.3, -0.25) is 10.0 Å². The molecule has 0 atom stereocenters. The Morgan fingerprint density at radius 2 is 2.15 bits per heavy atom. The van der Waals surface area contributed by atoms with Crippen molar-refractivity contribution in [3.63, 3.8) is 0 Å². The van der Waals surface area contributed by atoms with Gasteiger partial charge in [0.1, 0.15) is 13.0 Å². The molecular weight excluding hydrogens is 182 g/mol. The van der Waals surface area contributed by atoms with Gasteiger partial charge in [0.05, 0.1) is 5.69 Å². The molecule has 0 saturated carbocycles. The van der Waals surface area contributed by atoms with Crippen molar-refractivity contribution in [1.29, 1.82) is 0 Å². The zero-order valence-electron chi connectivity index (χ0n) is 7.40. The maximum absolute atomic E-state index is 4.07. The minimum atomic E-state index is 0.671. The number of hydrazine groups is 1. The van der Waals surface area contributed by atoms with E-state index < -0.39 is 0 Å². The number of thioether (sulfide) groups is 1. The van der Waals surface area contributed by atoms with Crippen molar-refractivity contribution in [1.82, 2.24) is 5.43 Å². The number of rotatable bonds is 2. The fourth-order valence-electron chi connectivity index (χ4n) is 1.18. The number of nitrogens with zero attached hydrogens (tertiary/aromatic N) is 2. The van der Waals surface area contributed by atoms with Crippen LogP contribution in [0.2, 0.25) is 0 Å². The third-order valence-corrected chi connectivity index (χ3v) is 2.62. The Morgan fingerprint density at radius 3 is 2.69 bits per heavy atom. The summed E-state index contributed by atoms with van der Waals surface area (Å²) in [7, 11) is 0. The van der Waals surface area contributed by atoms with Crippen LogP contribution in [0.15, 0.2) is 34.2 Å². The highest BCUT2D eigenvalue weighted by Crippen LogP contribution is 2.19. The molecule has 0 aliphatic carbocycles. The van der Waals surface area contributed by atoms with Gasteiger partial charge in [-0.05, 0) is 30.5 Å². The average molecular weight is 193 g/mol. The average Bonchev–Trinajstić information content (AvgIpc) is 2.71. The number of nitrogens with one attached hydrogen (secondary N) is 1. The van der Waals surface area contributed by atoms with Crippen LogP contribution in [0.3, 0.4) is 0 Å². The van der Waals surface area contributed by atoms with Crippen LogP contribution in [0, 0.1) is 0 Å². The summed E-state index contributed by atoms with van der Waals surface area (Å²) in [4.78, 5) is 5.35. The van der Waals surface area contributed by atoms with E-state index >= 15 is 0 Å². The van der Waals surface area contributed by atoms with Gasteiger partial charge < -0.3 is 0 Å². The van der Waals surface area contributed by atoms with Crippen molar-refractivity contribution < 1.29 is 0 Å². The summed E-state index contributed by atoms with van der Waals surface area (Å²) in [6.07, 6.45) is 3.87. The predicted molar refractivity (Wildman–Crippen MR) is 57.2 cm³/mol. The molecule has 2 rings (SSSR count). The summed E-state index contributed by atoms with van der Waals surface area (Å²) in [5, 5.41) is 1.92. The fraction of sp³-hybridized carbons (Fsp3) is 0.222. The number of benzene rings is 1. The molecule has 4 heteroatoms. The first kappa shape index (κ1) is 8.59. The van der Waals surface area contributed by atoms with E-state index in [-0.39, 0.29) is 0 Å². The summed E-state index contributed by atoms with van der Waals surface area (Å²) in [5.41, 5.74) is 4.24. The van der Waals surface area contributed by atoms with Gasteiger partial charge in [0, 0.05) is 4.90 Å². The van der Waals surface area contributed by atoms with Crippen molar-refractivity contribution in [2.45, 2.75) is 4.90 Å². The zero-order valence-corrected chi connectivity index (χ0v) is 8.21. The summed E-state index contributed by atoms with van der Waals surface area (Å²) >= 11 is 1.75. The molecule has 68 valence electrons. The topological polar surface area (TPSA) is 27.6 Å². The van der Waals surface area contributed by atoms with Gasteiger partial charge in [-0.1, -0.05) is 0 Å². The summed E-state index contributed by atoms with van der Waals surface area (Å²) in [6.45, 7) is 0.671. The SMILES string of the molecule is CSc1ccc(N2C=NCN2)cc1. The summed E-state index contributed by atoms with van der Waals surface area (Å²) in [5.74, 6) is 0. The molecule has 0 fully saturated rings. The Hall–Kier alpha value is -1.00. The molecule has 0 spiro atoms. The van der Waals surface area contributed by atoms with Crippen LogP contribution in [-0.4, -0.2) is 19.3 Å². The Morgan fingerprint density at radius 1 is 1.38 bits per heavy atom. The van der Waals surface area contributed by atoms with Crippen LogP contribution in [0.4, 0.5) is 5.69 Å². The maximum Gasteiger partial charge on any atom is 0.108 e. The Balaban J connectivity index is 2.17. The molecule has 1 aliphatic heterocycles. The molecule has 1 aliphatic rings. The molecule has 0 unspecified atom stereocenters. The van der Waals surface area contributed by atoms with Crippen molar-refractivity contribution >= 4 is 23.8 Å². The van der Waals surface area contributed by atoms with Gasteiger partial charge in [-0.25, -0.2) is 5.43 Å². The van der Waals surface area contributed by atoms with Crippen LogP contribution < -0.4 is 10.4 Å². The second kappa shape index (κ2) is 3.81. The molecule has 1 aromatic carbocycles. The van der Waals surface area contributed by atoms with E-state index in [1.54, 1.807) is 18.1 Å². The lowest BCUT2D eigenvalue weighted by Gasteiger charge is -2.14. The summed E-state index contributed by atoms with van der Waals surface area (Å²) < 4.78 is 0. The first-order valence-corrected chi connectivity index (χ1v) is 5.29. The van der Waals surface area contributed by atoms with Gasteiger partial charge in [-0.2, -0.15) is 0 Å². The highest BCUT2D eigenvalue weighted by Gasteiger charge is 2.05. The molecular formula is C9H11N3S. The van der Waals surface area contributed by atoms with Gasteiger partial charge >= 0.3 is 0 Å². The van der Waals surface area contributed by atoms with E-state index in [2.05, 4.69) is 40.9 Å². The minimum Gasteiger partial charge on any atom is -0.265 e. The number of hydrogen-bond acceptors (Lipinski definition) is 4. The fourth-order valence-corrected chi connectivity index (χ4v) is 1.59. The Labute approximate surface area is 81.8 Å². The molecule has 0 radical (unpaired) electrons. The molecule has 0 bridgehead atoms. The minimum absolute atomic E-state index is 0.671. The van der Waals surface area contributed by atoms with E-state index in [0.717, 1.165) is 5.69 Å². The summed E-state index contributed by atoms with van der Waals surface area (Å²) in [6, 6.07) is 8.37. The van der Waals surface area contributed by atoms with E-state index in [9.17, 15) is 0 Å².